The van der Waals surface area contributed by atoms with Gasteiger partial charge in [-0.15, -0.1) is 10.2 Å². The van der Waals surface area contributed by atoms with E-state index in [-0.39, 0.29) is 0 Å². The van der Waals surface area contributed by atoms with Crippen molar-refractivity contribution in [3.8, 4) is 0 Å². The summed E-state index contributed by atoms with van der Waals surface area (Å²) in [6.07, 6.45) is 0. The average molecular weight is 240 g/mol. The summed E-state index contributed by atoms with van der Waals surface area (Å²) in [6.45, 7) is 2.60. The maximum atomic E-state index is 6.02. The molecule has 1 N–H and O–H groups in total. The van der Waals surface area contributed by atoms with E-state index in [0.29, 0.717) is 6.54 Å². The minimum Gasteiger partial charge on any atom is -0.356 e. The van der Waals surface area contributed by atoms with Gasteiger partial charge in [-0.25, -0.2) is 0 Å². The molecule has 15 heavy (non-hydrogen) atoms. The highest BCUT2D eigenvalue weighted by atomic mass is 35.5. The maximum Gasteiger partial charge on any atom is 0.205 e. The second-order valence-electron chi connectivity index (χ2n) is 3.07. The van der Waals surface area contributed by atoms with Crippen LogP contribution in [-0.2, 0) is 6.54 Å². The first-order valence-electron chi connectivity index (χ1n) is 4.53. The van der Waals surface area contributed by atoms with Crippen molar-refractivity contribution < 1.29 is 0 Å². The molecule has 0 bridgehead atoms. The molecule has 5 heteroatoms. The molecule has 0 fully saturated rings. The van der Waals surface area contributed by atoms with E-state index in [1.165, 1.54) is 11.3 Å². The summed E-state index contributed by atoms with van der Waals surface area (Å²) < 4.78 is 0. The summed E-state index contributed by atoms with van der Waals surface area (Å²) in [5, 5.41) is 13.6. The smallest absolute Gasteiger partial charge is 0.205 e. The Kier molecular flexibility index (Phi) is 3.18. The highest BCUT2D eigenvalue weighted by molar-refractivity contribution is 7.15. The monoisotopic (exact) mass is 239 g/mol. The van der Waals surface area contributed by atoms with Gasteiger partial charge in [0.25, 0.3) is 0 Å². The zero-order chi connectivity index (χ0) is 10.7. The van der Waals surface area contributed by atoms with E-state index in [1.54, 1.807) is 0 Å². The second-order valence-corrected chi connectivity index (χ2v) is 4.66. The summed E-state index contributed by atoms with van der Waals surface area (Å²) in [6, 6.07) is 7.75. The fourth-order valence-electron chi connectivity index (χ4n) is 1.18. The van der Waals surface area contributed by atoms with E-state index in [4.69, 9.17) is 11.6 Å². The molecule has 0 unspecified atom stereocenters. The molecule has 0 aliphatic carbocycles. The fraction of sp³-hybridized carbons (Fsp3) is 0.200. The SMILES string of the molecule is Cc1nnc(NCc2ccccc2Cl)s1. The topological polar surface area (TPSA) is 37.8 Å². The van der Waals surface area contributed by atoms with Gasteiger partial charge in [0.2, 0.25) is 5.13 Å². The van der Waals surface area contributed by atoms with Crippen LogP contribution in [0.15, 0.2) is 24.3 Å². The lowest BCUT2D eigenvalue weighted by molar-refractivity contribution is 1.02. The summed E-state index contributed by atoms with van der Waals surface area (Å²) in [5.41, 5.74) is 1.06. The Bertz CT molecular complexity index is 455. The zero-order valence-electron chi connectivity index (χ0n) is 8.20. The van der Waals surface area contributed by atoms with Crippen molar-refractivity contribution in [3.63, 3.8) is 0 Å². The van der Waals surface area contributed by atoms with Gasteiger partial charge in [0.05, 0.1) is 0 Å². The Hall–Kier alpha value is -1.13. The highest BCUT2D eigenvalue weighted by Gasteiger charge is 2.01. The van der Waals surface area contributed by atoms with Gasteiger partial charge in [-0.05, 0) is 18.6 Å². The minimum atomic E-state index is 0.675. The van der Waals surface area contributed by atoms with E-state index < -0.39 is 0 Å². The largest absolute Gasteiger partial charge is 0.356 e. The maximum absolute atomic E-state index is 6.02. The molecule has 0 spiro atoms. The molecule has 0 radical (unpaired) electrons. The Labute approximate surface area is 97.1 Å². The lowest BCUT2D eigenvalue weighted by atomic mass is 10.2. The van der Waals surface area contributed by atoms with Crippen LogP contribution in [0.25, 0.3) is 0 Å². The van der Waals surface area contributed by atoms with Gasteiger partial charge in [0.15, 0.2) is 0 Å². The van der Waals surface area contributed by atoms with E-state index in [9.17, 15) is 0 Å². The van der Waals surface area contributed by atoms with E-state index in [0.717, 1.165) is 20.7 Å². The fourth-order valence-corrected chi connectivity index (χ4v) is 1.97. The Balaban J connectivity index is 2.02. The number of hydrogen-bond donors (Lipinski definition) is 1. The van der Waals surface area contributed by atoms with E-state index >= 15 is 0 Å². The lowest BCUT2D eigenvalue weighted by Crippen LogP contribution is -1.99. The van der Waals surface area contributed by atoms with Crippen LogP contribution in [0.5, 0.6) is 0 Å². The summed E-state index contributed by atoms with van der Waals surface area (Å²) in [5.74, 6) is 0. The molecule has 1 aromatic heterocycles. The minimum absolute atomic E-state index is 0.675. The van der Waals surface area contributed by atoms with Crippen molar-refractivity contribution in [2.45, 2.75) is 13.5 Å². The molecular weight excluding hydrogens is 230 g/mol. The van der Waals surface area contributed by atoms with E-state index in [1.807, 2.05) is 31.2 Å². The van der Waals surface area contributed by atoms with Gasteiger partial charge in [0, 0.05) is 11.6 Å². The first-order chi connectivity index (χ1) is 7.25. The van der Waals surface area contributed by atoms with Crippen LogP contribution in [0.1, 0.15) is 10.6 Å². The molecule has 1 heterocycles. The van der Waals surface area contributed by atoms with Gasteiger partial charge in [-0.1, -0.05) is 41.1 Å². The number of aryl methyl sites for hydroxylation is 1. The Morgan fingerprint density at radius 2 is 2.13 bits per heavy atom. The third kappa shape index (κ3) is 2.67. The number of halogens is 1. The van der Waals surface area contributed by atoms with Crippen LogP contribution in [0, 0.1) is 6.92 Å². The summed E-state index contributed by atoms with van der Waals surface area (Å²) >= 11 is 7.56. The number of benzene rings is 1. The Morgan fingerprint density at radius 1 is 1.33 bits per heavy atom. The van der Waals surface area contributed by atoms with Crippen molar-refractivity contribution in [1.82, 2.24) is 10.2 Å². The number of rotatable bonds is 3. The van der Waals surface area contributed by atoms with Crippen LogP contribution < -0.4 is 5.32 Å². The molecule has 2 aromatic rings. The number of nitrogens with one attached hydrogen (secondary N) is 1. The molecule has 0 atom stereocenters. The number of nitrogens with zero attached hydrogens (tertiary/aromatic N) is 2. The van der Waals surface area contributed by atoms with Gasteiger partial charge in [-0.2, -0.15) is 0 Å². The van der Waals surface area contributed by atoms with Crippen molar-refractivity contribution in [3.05, 3.63) is 39.9 Å². The molecule has 0 aliphatic rings. The highest BCUT2D eigenvalue weighted by Crippen LogP contribution is 2.18. The Morgan fingerprint density at radius 3 is 2.80 bits per heavy atom. The molecule has 1 aromatic carbocycles. The van der Waals surface area contributed by atoms with Gasteiger partial charge in [0.1, 0.15) is 5.01 Å². The number of hydrogen-bond acceptors (Lipinski definition) is 4. The van der Waals surface area contributed by atoms with Crippen molar-refractivity contribution in [1.29, 1.82) is 0 Å². The van der Waals surface area contributed by atoms with Crippen LogP contribution >= 0.6 is 22.9 Å². The first-order valence-corrected chi connectivity index (χ1v) is 5.72. The average Bonchev–Trinajstić information content (AvgIpc) is 2.63. The standard InChI is InChI=1S/C10H10ClN3S/c1-7-13-14-10(15-7)12-6-8-4-2-3-5-9(8)11/h2-5H,6H2,1H3,(H,12,14). The van der Waals surface area contributed by atoms with E-state index in [2.05, 4.69) is 15.5 Å². The van der Waals surface area contributed by atoms with Crippen LogP contribution in [-0.4, -0.2) is 10.2 Å². The summed E-state index contributed by atoms with van der Waals surface area (Å²) in [7, 11) is 0. The molecule has 2 rings (SSSR count). The molecule has 0 saturated carbocycles. The van der Waals surface area contributed by atoms with Crippen LogP contribution in [0.2, 0.25) is 5.02 Å². The van der Waals surface area contributed by atoms with Gasteiger partial charge < -0.3 is 5.32 Å². The molecule has 78 valence electrons. The normalized spacial score (nSPS) is 10.3. The molecule has 0 saturated heterocycles. The first kappa shape index (κ1) is 10.4. The number of aromatic nitrogens is 2. The van der Waals surface area contributed by atoms with Crippen molar-refractivity contribution in [2.24, 2.45) is 0 Å². The van der Waals surface area contributed by atoms with Gasteiger partial charge >= 0.3 is 0 Å². The van der Waals surface area contributed by atoms with Crippen molar-refractivity contribution >= 4 is 28.1 Å². The van der Waals surface area contributed by atoms with Crippen LogP contribution in [0.4, 0.5) is 5.13 Å². The third-order valence-corrected chi connectivity index (χ3v) is 3.08. The summed E-state index contributed by atoms with van der Waals surface area (Å²) in [4.78, 5) is 0. The molecular formula is C10H10ClN3S. The molecule has 3 nitrogen and oxygen atoms in total. The molecule has 0 aliphatic heterocycles. The molecule has 0 amide bonds. The second kappa shape index (κ2) is 4.59. The predicted octanol–water partition coefficient (Wildman–Crippen LogP) is 3.11. The third-order valence-electron chi connectivity index (χ3n) is 1.91. The quantitative estimate of drug-likeness (QED) is 0.895. The van der Waals surface area contributed by atoms with Crippen molar-refractivity contribution in [2.75, 3.05) is 5.32 Å². The zero-order valence-corrected chi connectivity index (χ0v) is 9.77. The van der Waals surface area contributed by atoms with Crippen LogP contribution in [0.3, 0.4) is 0 Å². The predicted molar refractivity (Wildman–Crippen MR) is 63.4 cm³/mol. The van der Waals surface area contributed by atoms with Gasteiger partial charge in [-0.3, -0.25) is 0 Å². The lowest BCUT2D eigenvalue weighted by Gasteiger charge is -2.03. The number of anilines is 1.